The Morgan fingerprint density at radius 2 is 1.61 bits per heavy atom. The van der Waals surface area contributed by atoms with Crippen molar-refractivity contribution in [1.82, 2.24) is 9.80 Å². The molecule has 28 heavy (non-hydrogen) atoms. The molecule has 0 aromatic heterocycles. The van der Waals surface area contributed by atoms with Gasteiger partial charge in [0.15, 0.2) is 0 Å². The average Bonchev–Trinajstić information content (AvgIpc) is 2.73. The van der Waals surface area contributed by atoms with Crippen LogP contribution in [0, 0.1) is 0 Å². The monoisotopic (exact) mass is 384 g/mol. The van der Waals surface area contributed by atoms with Crippen LogP contribution in [0.1, 0.15) is 20.7 Å². The summed E-state index contributed by atoms with van der Waals surface area (Å²) < 4.78 is 10.6. The molecular formula is C21H24N2O5. The van der Waals surface area contributed by atoms with Crippen molar-refractivity contribution in [2.75, 3.05) is 46.5 Å². The van der Waals surface area contributed by atoms with Gasteiger partial charge in [0.25, 0.3) is 11.8 Å². The van der Waals surface area contributed by atoms with E-state index in [2.05, 4.69) is 0 Å². The maximum absolute atomic E-state index is 12.9. The van der Waals surface area contributed by atoms with E-state index < -0.39 is 0 Å². The number of ether oxygens (including phenoxy) is 2. The summed E-state index contributed by atoms with van der Waals surface area (Å²) in [6, 6.07) is 13.4. The zero-order chi connectivity index (χ0) is 19.9. The first kappa shape index (κ1) is 19.7. The summed E-state index contributed by atoms with van der Waals surface area (Å²) in [4.78, 5) is 28.9. The Labute approximate surface area is 164 Å². The largest absolute Gasteiger partial charge is 0.508 e. The molecule has 7 heteroatoms. The van der Waals surface area contributed by atoms with Gasteiger partial charge in [-0.05, 0) is 30.3 Å². The van der Waals surface area contributed by atoms with Crippen LogP contribution in [0.5, 0.6) is 11.5 Å². The van der Waals surface area contributed by atoms with Crippen LogP contribution < -0.4 is 4.74 Å². The highest BCUT2D eigenvalue weighted by Gasteiger charge is 2.27. The van der Waals surface area contributed by atoms with Gasteiger partial charge in [0, 0.05) is 38.9 Å². The molecule has 0 atom stereocenters. The number of phenols is 1. The molecule has 0 spiro atoms. The first-order valence-corrected chi connectivity index (χ1v) is 9.18. The van der Waals surface area contributed by atoms with Gasteiger partial charge in [0.2, 0.25) is 0 Å². The van der Waals surface area contributed by atoms with Crippen LogP contribution in [0.15, 0.2) is 48.5 Å². The van der Waals surface area contributed by atoms with Crippen LogP contribution in [-0.4, -0.2) is 73.2 Å². The number of rotatable bonds is 6. The Morgan fingerprint density at radius 1 is 0.929 bits per heavy atom. The lowest BCUT2D eigenvalue weighted by Crippen LogP contribution is -2.50. The van der Waals surface area contributed by atoms with Gasteiger partial charge < -0.3 is 24.4 Å². The standard InChI is InChI=1S/C21H24N2O5/c1-27-13-14-28-19-8-3-2-7-18(19)21(26)23-11-9-22(10-12-23)20(25)16-5-4-6-17(24)15-16/h2-8,15,24H,9-14H2,1H3. The molecule has 2 amide bonds. The van der Waals surface area contributed by atoms with Crippen molar-refractivity contribution in [2.45, 2.75) is 0 Å². The van der Waals surface area contributed by atoms with Gasteiger partial charge in [-0.3, -0.25) is 9.59 Å². The van der Waals surface area contributed by atoms with Gasteiger partial charge in [-0.25, -0.2) is 0 Å². The lowest BCUT2D eigenvalue weighted by molar-refractivity contribution is 0.0532. The number of phenolic OH excluding ortho intramolecular Hbond substituents is 1. The predicted octanol–water partition coefficient (Wildman–Crippen LogP) is 2.02. The van der Waals surface area contributed by atoms with Gasteiger partial charge in [-0.2, -0.15) is 0 Å². The second-order valence-electron chi connectivity index (χ2n) is 6.47. The fraction of sp³-hybridized carbons (Fsp3) is 0.333. The van der Waals surface area contributed by atoms with Crippen molar-refractivity contribution in [3.8, 4) is 11.5 Å². The highest BCUT2D eigenvalue weighted by Crippen LogP contribution is 2.21. The van der Waals surface area contributed by atoms with E-state index in [4.69, 9.17) is 9.47 Å². The van der Waals surface area contributed by atoms with Gasteiger partial charge in [-0.1, -0.05) is 18.2 Å². The lowest BCUT2D eigenvalue weighted by Gasteiger charge is -2.35. The molecule has 0 saturated carbocycles. The number of aromatic hydroxyl groups is 1. The topological polar surface area (TPSA) is 79.3 Å². The van der Waals surface area contributed by atoms with E-state index in [-0.39, 0.29) is 17.6 Å². The highest BCUT2D eigenvalue weighted by atomic mass is 16.5. The molecule has 1 heterocycles. The Balaban J connectivity index is 1.62. The van der Waals surface area contributed by atoms with Crippen molar-refractivity contribution in [1.29, 1.82) is 0 Å². The molecule has 2 aromatic carbocycles. The molecule has 1 fully saturated rings. The van der Waals surface area contributed by atoms with E-state index in [0.717, 1.165) is 0 Å². The van der Waals surface area contributed by atoms with Crippen molar-refractivity contribution in [3.63, 3.8) is 0 Å². The first-order valence-electron chi connectivity index (χ1n) is 9.18. The SMILES string of the molecule is COCCOc1ccccc1C(=O)N1CCN(C(=O)c2cccc(O)c2)CC1. The Kier molecular flexibility index (Phi) is 6.49. The maximum atomic E-state index is 12.9. The average molecular weight is 384 g/mol. The first-order chi connectivity index (χ1) is 13.6. The van der Waals surface area contributed by atoms with E-state index in [1.165, 1.54) is 12.1 Å². The number of carbonyl (C=O) groups is 2. The number of para-hydroxylation sites is 1. The molecule has 0 unspecified atom stereocenters. The van der Waals surface area contributed by atoms with E-state index in [1.807, 2.05) is 6.07 Å². The predicted molar refractivity (Wildman–Crippen MR) is 104 cm³/mol. The number of nitrogens with zero attached hydrogens (tertiary/aromatic N) is 2. The minimum Gasteiger partial charge on any atom is -0.508 e. The smallest absolute Gasteiger partial charge is 0.257 e. The summed E-state index contributed by atoms with van der Waals surface area (Å²) in [5.74, 6) is 0.330. The molecule has 1 saturated heterocycles. The van der Waals surface area contributed by atoms with E-state index >= 15 is 0 Å². The van der Waals surface area contributed by atoms with Crippen LogP contribution in [0.4, 0.5) is 0 Å². The zero-order valence-corrected chi connectivity index (χ0v) is 15.8. The van der Waals surface area contributed by atoms with Gasteiger partial charge in [0.1, 0.15) is 18.1 Å². The summed E-state index contributed by atoms with van der Waals surface area (Å²) in [6.45, 7) is 2.57. The number of amides is 2. The summed E-state index contributed by atoms with van der Waals surface area (Å²) >= 11 is 0. The molecule has 7 nitrogen and oxygen atoms in total. The molecule has 2 aromatic rings. The van der Waals surface area contributed by atoms with Gasteiger partial charge >= 0.3 is 0 Å². The van der Waals surface area contributed by atoms with E-state index in [9.17, 15) is 14.7 Å². The second kappa shape index (κ2) is 9.23. The van der Waals surface area contributed by atoms with Gasteiger partial charge in [-0.15, -0.1) is 0 Å². The third-order valence-corrected chi connectivity index (χ3v) is 4.61. The molecule has 0 bridgehead atoms. The van der Waals surface area contributed by atoms with E-state index in [1.54, 1.807) is 47.2 Å². The summed E-state index contributed by atoms with van der Waals surface area (Å²) in [7, 11) is 1.60. The second-order valence-corrected chi connectivity index (χ2v) is 6.47. The van der Waals surface area contributed by atoms with E-state index in [0.29, 0.717) is 56.3 Å². The Morgan fingerprint density at radius 3 is 2.29 bits per heavy atom. The number of piperazine rings is 1. The number of methoxy groups -OCH3 is 1. The fourth-order valence-electron chi connectivity index (χ4n) is 3.11. The number of hydrogen-bond acceptors (Lipinski definition) is 5. The van der Waals surface area contributed by atoms with Crippen LogP contribution >= 0.6 is 0 Å². The number of carbonyl (C=O) groups excluding carboxylic acids is 2. The molecule has 0 radical (unpaired) electrons. The van der Waals surface area contributed by atoms with Crippen molar-refractivity contribution in [3.05, 3.63) is 59.7 Å². The molecule has 3 rings (SSSR count). The third kappa shape index (κ3) is 4.61. The summed E-state index contributed by atoms with van der Waals surface area (Å²) in [5, 5.41) is 9.56. The minimum atomic E-state index is -0.147. The lowest BCUT2D eigenvalue weighted by atomic mass is 10.1. The number of benzene rings is 2. The van der Waals surface area contributed by atoms with Crippen LogP contribution in [0.25, 0.3) is 0 Å². The zero-order valence-electron chi connectivity index (χ0n) is 15.8. The minimum absolute atomic E-state index is 0.0599. The van der Waals surface area contributed by atoms with Crippen molar-refractivity contribution < 1.29 is 24.2 Å². The molecule has 148 valence electrons. The van der Waals surface area contributed by atoms with Crippen LogP contribution in [0.2, 0.25) is 0 Å². The Hall–Kier alpha value is -3.06. The van der Waals surface area contributed by atoms with Crippen LogP contribution in [0.3, 0.4) is 0 Å². The molecule has 1 N–H and O–H groups in total. The van der Waals surface area contributed by atoms with Gasteiger partial charge in [0.05, 0.1) is 12.2 Å². The summed E-state index contributed by atoms with van der Waals surface area (Å²) in [5.41, 5.74) is 0.947. The Bertz CT molecular complexity index is 831. The van der Waals surface area contributed by atoms with Crippen LogP contribution in [-0.2, 0) is 4.74 Å². The molecular weight excluding hydrogens is 360 g/mol. The molecule has 0 aliphatic carbocycles. The summed E-state index contributed by atoms with van der Waals surface area (Å²) in [6.07, 6.45) is 0. The highest BCUT2D eigenvalue weighted by molar-refractivity contribution is 5.97. The maximum Gasteiger partial charge on any atom is 0.257 e. The quantitative estimate of drug-likeness (QED) is 0.771. The fourth-order valence-corrected chi connectivity index (χ4v) is 3.11. The van der Waals surface area contributed by atoms with Crippen molar-refractivity contribution >= 4 is 11.8 Å². The van der Waals surface area contributed by atoms with Crippen molar-refractivity contribution in [2.24, 2.45) is 0 Å². The normalized spacial score (nSPS) is 14.0. The third-order valence-electron chi connectivity index (χ3n) is 4.61. The molecule has 1 aliphatic rings. The number of hydrogen-bond donors (Lipinski definition) is 1. The molecule has 1 aliphatic heterocycles.